The fourth-order valence-electron chi connectivity index (χ4n) is 7.29. The molecule has 0 radical (unpaired) electrons. The fraction of sp³-hybridized carbons (Fsp3) is 0.826. The van der Waals surface area contributed by atoms with Crippen LogP contribution in [0.2, 0.25) is 0 Å². The molecule has 0 heterocycles. The second-order valence-corrected chi connectivity index (χ2v) is 10.2. The predicted molar refractivity (Wildman–Crippen MR) is 109 cm³/mol. The molecular weight excluding hydrogens is 392 g/mol. The molecular formula is C23H33ClO5. The van der Waals surface area contributed by atoms with E-state index in [9.17, 15) is 9.59 Å². The maximum atomic E-state index is 11.7. The van der Waals surface area contributed by atoms with Gasteiger partial charge in [0.25, 0.3) is 0 Å². The largest absolute Gasteiger partial charge is 0.509 e. The molecule has 0 aromatic carbocycles. The molecule has 7 atom stereocenters. The van der Waals surface area contributed by atoms with E-state index in [2.05, 4.69) is 19.9 Å². The number of rotatable bonds is 3. The van der Waals surface area contributed by atoms with Crippen LogP contribution in [0.5, 0.6) is 0 Å². The van der Waals surface area contributed by atoms with Crippen LogP contribution in [0.25, 0.3) is 0 Å². The van der Waals surface area contributed by atoms with Gasteiger partial charge in [0.15, 0.2) is 6.07 Å². The van der Waals surface area contributed by atoms with Crippen LogP contribution in [-0.2, 0) is 19.0 Å². The lowest BCUT2D eigenvalue weighted by atomic mass is 9.48. The molecule has 0 amide bonds. The monoisotopic (exact) mass is 424 g/mol. The molecule has 0 aromatic rings. The van der Waals surface area contributed by atoms with Crippen molar-refractivity contribution in [2.24, 2.45) is 28.6 Å². The summed E-state index contributed by atoms with van der Waals surface area (Å²) in [5, 5.41) is 0. The van der Waals surface area contributed by atoms with Crippen molar-refractivity contribution in [2.45, 2.75) is 84.3 Å². The third kappa shape index (κ3) is 3.58. The Morgan fingerprint density at radius 1 is 1.10 bits per heavy atom. The highest BCUT2D eigenvalue weighted by Gasteiger charge is 2.59. The van der Waals surface area contributed by atoms with E-state index in [0.717, 1.165) is 44.9 Å². The van der Waals surface area contributed by atoms with Crippen LogP contribution in [0.1, 0.15) is 72.1 Å². The summed E-state index contributed by atoms with van der Waals surface area (Å²) < 4.78 is 15.9. The normalized spacial score (nSPS) is 43.3. The molecule has 162 valence electrons. The Morgan fingerprint density at radius 3 is 2.62 bits per heavy atom. The summed E-state index contributed by atoms with van der Waals surface area (Å²) in [6.07, 6.45) is 9.97. The van der Waals surface area contributed by atoms with Crippen LogP contribution in [-0.4, -0.2) is 30.4 Å². The summed E-state index contributed by atoms with van der Waals surface area (Å²) in [6, 6.07) is -0.176. The Balaban J connectivity index is 1.50. The van der Waals surface area contributed by atoms with Crippen LogP contribution in [0.4, 0.5) is 4.79 Å². The van der Waals surface area contributed by atoms with Crippen molar-refractivity contribution >= 4 is 23.7 Å². The zero-order valence-corrected chi connectivity index (χ0v) is 18.5. The van der Waals surface area contributed by atoms with Gasteiger partial charge in [0.2, 0.25) is 0 Å². The Hall–Kier alpha value is -1.23. The maximum Gasteiger partial charge on any atom is 0.509 e. The Labute approximate surface area is 178 Å². The molecule has 0 spiro atoms. The summed E-state index contributed by atoms with van der Waals surface area (Å²) in [6.45, 7) is 6.30. The summed E-state index contributed by atoms with van der Waals surface area (Å²) in [4.78, 5) is 23.3. The van der Waals surface area contributed by atoms with E-state index >= 15 is 0 Å². The van der Waals surface area contributed by atoms with Crippen molar-refractivity contribution in [1.82, 2.24) is 0 Å². The van der Waals surface area contributed by atoms with E-state index in [1.165, 1.54) is 18.9 Å². The number of halogens is 1. The van der Waals surface area contributed by atoms with Crippen molar-refractivity contribution in [3.05, 3.63) is 11.6 Å². The zero-order valence-electron chi connectivity index (χ0n) is 17.7. The quantitative estimate of drug-likeness (QED) is 0.335. The van der Waals surface area contributed by atoms with Crippen LogP contribution in [0, 0.1) is 28.6 Å². The third-order valence-electron chi connectivity index (χ3n) is 8.72. The molecule has 4 aliphatic rings. The van der Waals surface area contributed by atoms with Gasteiger partial charge >= 0.3 is 12.1 Å². The summed E-state index contributed by atoms with van der Waals surface area (Å²) >= 11 is 5.45. The van der Waals surface area contributed by atoms with E-state index in [4.69, 9.17) is 25.8 Å². The number of carbonyl (C=O) groups is 2. The first-order valence-electron chi connectivity index (χ1n) is 11.0. The van der Waals surface area contributed by atoms with Gasteiger partial charge in [-0.15, -0.1) is 0 Å². The molecule has 0 saturated heterocycles. The van der Waals surface area contributed by atoms with Gasteiger partial charge in [-0.3, -0.25) is 4.79 Å². The van der Waals surface area contributed by atoms with Crippen LogP contribution in [0.3, 0.4) is 0 Å². The van der Waals surface area contributed by atoms with Gasteiger partial charge < -0.3 is 14.2 Å². The standard InChI is InChI=1S/C23H33ClO5/c1-14(25)28-20-7-6-18-17-5-4-15-12-16(29-21(26)27-13-24)8-10-22(15,2)19(17)9-11-23(18,20)3/h4,16-20H,5-13H2,1-3H3/t16-,17-,18-,19-,20-,22-,23-/m0/s1. The average Bonchev–Trinajstić information content (AvgIpc) is 2.98. The highest BCUT2D eigenvalue weighted by molar-refractivity contribution is 6.17. The first-order chi connectivity index (χ1) is 13.8. The number of hydrogen-bond acceptors (Lipinski definition) is 5. The molecule has 4 rings (SSSR count). The lowest BCUT2D eigenvalue weighted by molar-refractivity contribution is -0.156. The molecule has 4 aliphatic carbocycles. The van der Waals surface area contributed by atoms with E-state index in [-0.39, 0.29) is 35.1 Å². The summed E-state index contributed by atoms with van der Waals surface area (Å²) in [5.41, 5.74) is 1.74. The molecule has 0 unspecified atom stereocenters. The third-order valence-corrected chi connectivity index (χ3v) is 8.82. The van der Waals surface area contributed by atoms with Crippen molar-refractivity contribution in [3.8, 4) is 0 Å². The Morgan fingerprint density at radius 2 is 1.90 bits per heavy atom. The minimum absolute atomic E-state index is 0.0706. The maximum absolute atomic E-state index is 11.7. The molecule has 3 saturated carbocycles. The van der Waals surface area contributed by atoms with Gasteiger partial charge in [-0.1, -0.05) is 37.1 Å². The average molecular weight is 425 g/mol. The molecule has 0 aromatic heterocycles. The number of alkyl halides is 1. The van der Waals surface area contributed by atoms with E-state index < -0.39 is 6.16 Å². The first kappa shape index (κ1) is 21.0. The first-order valence-corrected chi connectivity index (χ1v) is 11.6. The lowest BCUT2D eigenvalue weighted by Crippen LogP contribution is -2.51. The molecule has 3 fully saturated rings. The van der Waals surface area contributed by atoms with Crippen LogP contribution >= 0.6 is 11.6 Å². The number of carbonyl (C=O) groups excluding carboxylic acids is 2. The molecule has 6 heteroatoms. The number of ether oxygens (including phenoxy) is 3. The van der Waals surface area contributed by atoms with Crippen LogP contribution < -0.4 is 0 Å². The van der Waals surface area contributed by atoms with Gasteiger partial charge in [0, 0.05) is 18.8 Å². The second kappa shape index (κ2) is 7.79. The fourth-order valence-corrected chi connectivity index (χ4v) is 7.38. The Bertz CT molecular complexity index is 705. The van der Waals surface area contributed by atoms with E-state index in [0.29, 0.717) is 17.8 Å². The van der Waals surface area contributed by atoms with E-state index in [1.54, 1.807) is 0 Å². The van der Waals surface area contributed by atoms with Gasteiger partial charge in [0.05, 0.1) is 0 Å². The van der Waals surface area contributed by atoms with Crippen molar-refractivity contribution in [2.75, 3.05) is 6.07 Å². The van der Waals surface area contributed by atoms with Crippen molar-refractivity contribution in [3.63, 3.8) is 0 Å². The Kier molecular flexibility index (Phi) is 5.65. The molecule has 0 aliphatic heterocycles. The SMILES string of the molecule is CC(=O)O[C@H]1CC[C@H]2[C@@H]3CC=C4C[C@@H](OC(=O)OCCl)CC[C@]4(C)[C@H]3CC[C@]12C. The minimum atomic E-state index is -0.668. The topological polar surface area (TPSA) is 61.8 Å². The van der Waals surface area contributed by atoms with E-state index in [1.807, 2.05) is 0 Å². The molecule has 5 nitrogen and oxygen atoms in total. The molecule has 0 bridgehead atoms. The molecule has 29 heavy (non-hydrogen) atoms. The summed E-state index contributed by atoms with van der Waals surface area (Å²) in [7, 11) is 0. The zero-order chi connectivity index (χ0) is 20.8. The van der Waals surface area contributed by atoms with Crippen LogP contribution in [0.15, 0.2) is 11.6 Å². The number of esters is 1. The van der Waals surface area contributed by atoms with Gasteiger partial charge in [-0.05, 0) is 68.1 Å². The highest BCUT2D eigenvalue weighted by Crippen LogP contribution is 2.65. The predicted octanol–water partition coefficient (Wildman–Crippen LogP) is 5.60. The molecule has 0 N–H and O–H groups in total. The highest BCUT2D eigenvalue weighted by atomic mass is 35.5. The number of allylic oxidation sites excluding steroid dienone is 1. The second-order valence-electron chi connectivity index (χ2n) is 9.97. The van der Waals surface area contributed by atoms with Crippen molar-refractivity contribution in [1.29, 1.82) is 0 Å². The van der Waals surface area contributed by atoms with Gasteiger partial charge in [0.1, 0.15) is 12.2 Å². The smallest absolute Gasteiger partial charge is 0.462 e. The minimum Gasteiger partial charge on any atom is -0.462 e. The van der Waals surface area contributed by atoms with Crippen molar-refractivity contribution < 1.29 is 23.8 Å². The number of hydrogen-bond donors (Lipinski definition) is 0. The van der Waals surface area contributed by atoms with Gasteiger partial charge in [-0.2, -0.15) is 0 Å². The number of fused-ring (bicyclic) bond motifs is 5. The summed E-state index contributed by atoms with van der Waals surface area (Å²) in [5.74, 6) is 1.78. The van der Waals surface area contributed by atoms with Gasteiger partial charge in [-0.25, -0.2) is 4.79 Å². The lowest BCUT2D eigenvalue weighted by Gasteiger charge is -2.57.